The Bertz CT molecular complexity index is 153. The van der Waals surface area contributed by atoms with Crippen LogP contribution in [-0.2, 0) is 9.47 Å². The maximum atomic E-state index is 5.86. The third-order valence-corrected chi connectivity index (χ3v) is 3.38. The Morgan fingerprint density at radius 3 is 2.67 bits per heavy atom. The van der Waals surface area contributed by atoms with Crippen molar-refractivity contribution in [3.63, 3.8) is 0 Å². The number of thiol groups is 1. The van der Waals surface area contributed by atoms with E-state index in [1.165, 1.54) is 38.5 Å². The fourth-order valence-corrected chi connectivity index (χ4v) is 2.33. The van der Waals surface area contributed by atoms with Crippen molar-refractivity contribution in [2.45, 2.75) is 57.2 Å². The highest BCUT2D eigenvalue weighted by molar-refractivity contribution is 7.80. The molecule has 0 aromatic heterocycles. The second kappa shape index (κ2) is 8.43. The van der Waals surface area contributed by atoms with Crippen molar-refractivity contribution in [2.75, 3.05) is 19.5 Å². The van der Waals surface area contributed by atoms with Gasteiger partial charge < -0.3 is 9.47 Å². The predicted molar refractivity (Wildman–Crippen MR) is 66.7 cm³/mol. The average molecular weight is 232 g/mol. The molecule has 0 heterocycles. The van der Waals surface area contributed by atoms with Crippen molar-refractivity contribution in [2.24, 2.45) is 0 Å². The van der Waals surface area contributed by atoms with Crippen LogP contribution in [0.3, 0.4) is 0 Å². The molecule has 0 saturated heterocycles. The summed E-state index contributed by atoms with van der Waals surface area (Å²) >= 11 is 4.19. The van der Waals surface area contributed by atoms with E-state index in [9.17, 15) is 0 Å². The van der Waals surface area contributed by atoms with Crippen LogP contribution in [-0.4, -0.2) is 31.7 Å². The van der Waals surface area contributed by atoms with Gasteiger partial charge >= 0.3 is 0 Å². The van der Waals surface area contributed by atoms with E-state index in [0.29, 0.717) is 12.2 Å². The zero-order valence-electron chi connectivity index (χ0n) is 9.78. The highest BCUT2D eigenvalue weighted by atomic mass is 32.1. The molecule has 0 aliphatic heterocycles. The van der Waals surface area contributed by atoms with Crippen molar-refractivity contribution in [1.29, 1.82) is 0 Å². The summed E-state index contributed by atoms with van der Waals surface area (Å²) < 4.78 is 11.2. The number of unbranched alkanes of at least 4 members (excludes halogenated alkanes) is 2. The van der Waals surface area contributed by atoms with Crippen molar-refractivity contribution in [1.82, 2.24) is 0 Å². The maximum absolute atomic E-state index is 5.86. The summed E-state index contributed by atoms with van der Waals surface area (Å²) in [6, 6.07) is 0. The normalized spacial score (nSPS) is 26.8. The number of rotatable bonds is 7. The molecule has 2 unspecified atom stereocenters. The average Bonchev–Trinajstić information content (AvgIpc) is 2.29. The van der Waals surface area contributed by atoms with Gasteiger partial charge in [0.2, 0.25) is 0 Å². The Morgan fingerprint density at radius 2 is 1.93 bits per heavy atom. The number of hydrogen-bond acceptors (Lipinski definition) is 3. The van der Waals surface area contributed by atoms with E-state index in [-0.39, 0.29) is 0 Å². The van der Waals surface area contributed by atoms with Crippen LogP contribution in [0.15, 0.2) is 0 Å². The molecular weight excluding hydrogens is 208 g/mol. The third kappa shape index (κ3) is 5.79. The quantitative estimate of drug-likeness (QED) is 0.537. The highest BCUT2D eigenvalue weighted by Crippen LogP contribution is 2.23. The van der Waals surface area contributed by atoms with Gasteiger partial charge in [0, 0.05) is 13.7 Å². The Kier molecular flexibility index (Phi) is 7.49. The molecule has 0 radical (unpaired) electrons. The topological polar surface area (TPSA) is 18.5 Å². The van der Waals surface area contributed by atoms with Crippen LogP contribution in [0, 0.1) is 0 Å². The van der Waals surface area contributed by atoms with Crippen molar-refractivity contribution in [3.8, 4) is 0 Å². The zero-order chi connectivity index (χ0) is 10.9. The Morgan fingerprint density at radius 1 is 1.13 bits per heavy atom. The van der Waals surface area contributed by atoms with Crippen LogP contribution >= 0.6 is 12.6 Å². The van der Waals surface area contributed by atoms with Crippen LogP contribution in [0.2, 0.25) is 0 Å². The van der Waals surface area contributed by atoms with Crippen LogP contribution in [0.5, 0.6) is 0 Å². The second-order valence-electron chi connectivity index (χ2n) is 4.30. The predicted octanol–water partition coefficient (Wildman–Crippen LogP) is 3.06. The van der Waals surface area contributed by atoms with Crippen LogP contribution in [0.25, 0.3) is 0 Å². The first-order chi connectivity index (χ1) is 7.36. The largest absolute Gasteiger partial charge is 0.381 e. The minimum Gasteiger partial charge on any atom is -0.381 e. The minimum absolute atomic E-state index is 0.432. The van der Waals surface area contributed by atoms with Crippen LogP contribution in [0.4, 0.5) is 0 Å². The van der Waals surface area contributed by atoms with Gasteiger partial charge in [-0.25, -0.2) is 0 Å². The summed E-state index contributed by atoms with van der Waals surface area (Å²) in [6.07, 6.45) is 9.25. The molecule has 1 aliphatic carbocycles. The fourth-order valence-electron chi connectivity index (χ4n) is 2.11. The van der Waals surface area contributed by atoms with E-state index in [4.69, 9.17) is 9.47 Å². The molecule has 1 fully saturated rings. The van der Waals surface area contributed by atoms with E-state index in [2.05, 4.69) is 12.6 Å². The monoisotopic (exact) mass is 232 g/mol. The first-order valence-electron chi connectivity index (χ1n) is 6.12. The van der Waals surface area contributed by atoms with Gasteiger partial charge in [-0.3, -0.25) is 0 Å². The molecule has 1 saturated carbocycles. The molecule has 0 aromatic carbocycles. The lowest BCUT2D eigenvalue weighted by atomic mass is 9.95. The Labute approximate surface area is 99.1 Å². The molecule has 0 spiro atoms. The van der Waals surface area contributed by atoms with Crippen LogP contribution in [0.1, 0.15) is 44.9 Å². The molecule has 90 valence electrons. The van der Waals surface area contributed by atoms with E-state index < -0.39 is 0 Å². The van der Waals surface area contributed by atoms with Gasteiger partial charge in [-0.1, -0.05) is 6.42 Å². The van der Waals surface area contributed by atoms with E-state index >= 15 is 0 Å². The standard InChI is InChI=1S/C12H24O2S/c1-13-11-6-5-7-12(10-11)14-8-3-2-4-9-15/h11-12,15H,2-10H2,1H3. The molecule has 2 nitrogen and oxygen atoms in total. The molecular formula is C12H24O2S. The SMILES string of the molecule is COC1CCCC(OCCCCCS)C1. The maximum Gasteiger partial charge on any atom is 0.0599 e. The lowest BCUT2D eigenvalue weighted by molar-refractivity contribution is -0.0302. The summed E-state index contributed by atoms with van der Waals surface area (Å²) in [4.78, 5) is 0. The first-order valence-corrected chi connectivity index (χ1v) is 6.75. The summed E-state index contributed by atoms with van der Waals surface area (Å²) in [6.45, 7) is 0.912. The summed E-state index contributed by atoms with van der Waals surface area (Å²) in [7, 11) is 1.81. The van der Waals surface area contributed by atoms with Gasteiger partial charge in [0.15, 0.2) is 0 Å². The molecule has 0 bridgehead atoms. The Balaban J connectivity index is 2.00. The summed E-state index contributed by atoms with van der Waals surface area (Å²) in [5.41, 5.74) is 0. The first kappa shape index (κ1) is 13.3. The van der Waals surface area contributed by atoms with Gasteiger partial charge in [-0.2, -0.15) is 12.6 Å². The lowest BCUT2D eigenvalue weighted by Crippen LogP contribution is -2.27. The molecule has 15 heavy (non-hydrogen) atoms. The molecule has 3 heteroatoms. The van der Waals surface area contributed by atoms with Gasteiger partial charge in [-0.05, 0) is 44.3 Å². The van der Waals surface area contributed by atoms with E-state index in [1.807, 2.05) is 0 Å². The van der Waals surface area contributed by atoms with Gasteiger partial charge in [-0.15, -0.1) is 0 Å². The van der Waals surface area contributed by atoms with E-state index in [1.54, 1.807) is 7.11 Å². The number of methoxy groups -OCH3 is 1. The lowest BCUT2D eigenvalue weighted by Gasteiger charge is -2.28. The molecule has 0 N–H and O–H groups in total. The highest BCUT2D eigenvalue weighted by Gasteiger charge is 2.21. The fraction of sp³-hybridized carbons (Fsp3) is 1.00. The smallest absolute Gasteiger partial charge is 0.0599 e. The molecule has 0 aromatic rings. The van der Waals surface area contributed by atoms with E-state index in [0.717, 1.165) is 18.8 Å². The van der Waals surface area contributed by atoms with Crippen molar-refractivity contribution >= 4 is 12.6 Å². The minimum atomic E-state index is 0.432. The number of ether oxygens (including phenoxy) is 2. The van der Waals surface area contributed by atoms with Gasteiger partial charge in [0.1, 0.15) is 0 Å². The number of hydrogen-bond donors (Lipinski definition) is 1. The third-order valence-electron chi connectivity index (χ3n) is 3.07. The summed E-state index contributed by atoms with van der Waals surface area (Å²) in [5, 5.41) is 0. The molecule has 1 aliphatic rings. The van der Waals surface area contributed by atoms with Gasteiger partial charge in [0.05, 0.1) is 12.2 Å². The van der Waals surface area contributed by atoms with Crippen molar-refractivity contribution in [3.05, 3.63) is 0 Å². The molecule has 2 atom stereocenters. The van der Waals surface area contributed by atoms with Gasteiger partial charge in [0.25, 0.3) is 0 Å². The van der Waals surface area contributed by atoms with Crippen LogP contribution < -0.4 is 0 Å². The summed E-state index contributed by atoms with van der Waals surface area (Å²) in [5.74, 6) is 0.995. The molecule has 1 rings (SSSR count). The van der Waals surface area contributed by atoms with Crippen molar-refractivity contribution < 1.29 is 9.47 Å². The second-order valence-corrected chi connectivity index (χ2v) is 4.75. The zero-order valence-corrected chi connectivity index (χ0v) is 10.7. The molecule has 0 amide bonds. The Hall–Kier alpha value is 0.270.